The van der Waals surface area contributed by atoms with Crippen LogP contribution in [0.15, 0.2) is 30.3 Å². The Balaban J connectivity index is 2.32. The van der Waals surface area contributed by atoms with Crippen LogP contribution in [0, 0.1) is 13.8 Å². The topological polar surface area (TPSA) is 64.1 Å². The van der Waals surface area contributed by atoms with Crippen molar-refractivity contribution in [3.05, 3.63) is 47.3 Å². The summed E-state index contributed by atoms with van der Waals surface area (Å²) in [6.45, 7) is 3.95. The zero-order chi connectivity index (χ0) is 12.4. The maximum absolute atomic E-state index is 8.98. The van der Waals surface area contributed by atoms with Gasteiger partial charge in [-0.2, -0.15) is 5.10 Å². The molecule has 0 saturated heterocycles. The summed E-state index contributed by atoms with van der Waals surface area (Å²) in [4.78, 5) is 0. The molecule has 17 heavy (non-hydrogen) atoms. The summed E-state index contributed by atoms with van der Waals surface area (Å²) in [5.74, 6) is 0. The van der Waals surface area contributed by atoms with E-state index in [0.29, 0.717) is 0 Å². The molecule has 0 amide bonds. The smallest absolute Gasteiger partial charge is 0.0648 e. The third-order valence-electron chi connectivity index (χ3n) is 2.77. The van der Waals surface area contributed by atoms with Gasteiger partial charge in [-0.3, -0.25) is 0 Å². The van der Waals surface area contributed by atoms with E-state index in [-0.39, 0.29) is 12.6 Å². The van der Waals surface area contributed by atoms with Gasteiger partial charge >= 0.3 is 0 Å². The minimum atomic E-state index is -0.315. The van der Waals surface area contributed by atoms with E-state index in [4.69, 9.17) is 10.8 Å². The van der Waals surface area contributed by atoms with Crippen molar-refractivity contribution in [3.63, 3.8) is 0 Å². The van der Waals surface area contributed by atoms with Crippen LogP contribution < -0.4 is 5.73 Å². The molecular formula is C13H17N3O. The molecule has 0 spiro atoms. The fraction of sp³-hybridized carbons (Fsp3) is 0.308. The number of nitrogens with two attached hydrogens (primary N) is 1. The molecule has 0 fully saturated rings. The van der Waals surface area contributed by atoms with Gasteiger partial charge in [0.2, 0.25) is 0 Å². The summed E-state index contributed by atoms with van der Waals surface area (Å²) in [6, 6.07) is 9.49. The summed E-state index contributed by atoms with van der Waals surface area (Å²) < 4.78 is 1.89. The first-order valence-electron chi connectivity index (χ1n) is 5.62. The lowest BCUT2D eigenvalue weighted by Crippen LogP contribution is -2.14. The van der Waals surface area contributed by atoms with Crippen molar-refractivity contribution < 1.29 is 5.11 Å². The first kappa shape index (κ1) is 11.8. The largest absolute Gasteiger partial charge is 0.394 e. The summed E-state index contributed by atoms with van der Waals surface area (Å²) in [5.41, 5.74) is 9.77. The number of hydrogen-bond donors (Lipinski definition) is 2. The van der Waals surface area contributed by atoms with E-state index in [2.05, 4.69) is 5.10 Å². The van der Waals surface area contributed by atoms with Gasteiger partial charge in [0.1, 0.15) is 0 Å². The lowest BCUT2D eigenvalue weighted by molar-refractivity contribution is 0.268. The number of aliphatic hydroxyl groups is 1. The van der Waals surface area contributed by atoms with Crippen molar-refractivity contribution in [2.75, 3.05) is 6.61 Å². The quantitative estimate of drug-likeness (QED) is 0.841. The van der Waals surface area contributed by atoms with E-state index in [1.807, 2.05) is 48.9 Å². The van der Waals surface area contributed by atoms with Gasteiger partial charge in [-0.25, -0.2) is 4.68 Å². The summed E-state index contributed by atoms with van der Waals surface area (Å²) in [5, 5.41) is 13.4. The maximum Gasteiger partial charge on any atom is 0.0648 e. The molecule has 1 heterocycles. The van der Waals surface area contributed by atoms with Crippen LogP contribution >= 0.6 is 0 Å². The summed E-state index contributed by atoms with van der Waals surface area (Å²) in [6.07, 6.45) is 0. The van der Waals surface area contributed by atoms with Crippen LogP contribution in [0.3, 0.4) is 0 Å². The molecule has 4 nitrogen and oxygen atoms in total. The lowest BCUT2D eigenvalue weighted by atomic mass is 10.1. The number of aryl methyl sites for hydroxylation is 2. The lowest BCUT2D eigenvalue weighted by Gasteiger charge is -2.10. The predicted molar refractivity (Wildman–Crippen MR) is 67.1 cm³/mol. The molecule has 0 aliphatic heterocycles. The van der Waals surface area contributed by atoms with E-state index in [1.165, 1.54) is 0 Å². The van der Waals surface area contributed by atoms with Gasteiger partial charge < -0.3 is 10.8 Å². The third kappa shape index (κ3) is 2.38. The number of aliphatic hydroxyl groups excluding tert-OH is 1. The Hall–Kier alpha value is -1.65. The Morgan fingerprint density at radius 1 is 1.29 bits per heavy atom. The van der Waals surface area contributed by atoms with Crippen LogP contribution in [0.25, 0.3) is 5.69 Å². The number of hydrogen-bond acceptors (Lipinski definition) is 3. The van der Waals surface area contributed by atoms with Gasteiger partial charge in [-0.15, -0.1) is 0 Å². The molecule has 1 aromatic carbocycles. The number of aromatic nitrogens is 2. The summed E-state index contributed by atoms with van der Waals surface area (Å²) >= 11 is 0. The normalized spacial score (nSPS) is 12.7. The first-order valence-corrected chi connectivity index (χ1v) is 5.62. The highest BCUT2D eigenvalue weighted by Crippen LogP contribution is 2.15. The van der Waals surface area contributed by atoms with Gasteiger partial charge in [0.15, 0.2) is 0 Å². The highest BCUT2D eigenvalue weighted by Gasteiger charge is 2.06. The van der Waals surface area contributed by atoms with Crippen molar-refractivity contribution in [2.24, 2.45) is 5.73 Å². The Bertz CT molecular complexity index is 502. The zero-order valence-corrected chi connectivity index (χ0v) is 10.1. The molecule has 4 heteroatoms. The van der Waals surface area contributed by atoms with Gasteiger partial charge in [0, 0.05) is 5.69 Å². The molecule has 0 radical (unpaired) electrons. The van der Waals surface area contributed by atoms with Crippen LogP contribution in [0.1, 0.15) is 23.0 Å². The molecule has 0 saturated carbocycles. The first-order chi connectivity index (χ1) is 8.11. The standard InChI is InChI=1S/C13H17N3O/c1-9-7-10(2)16(15-9)12-5-3-11(4-6-12)13(14)8-17/h3-7,13,17H,8,14H2,1-2H3/t13-/m1/s1. The van der Waals surface area contributed by atoms with Crippen LogP contribution in [-0.2, 0) is 0 Å². The SMILES string of the molecule is Cc1cc(C)n(-c2ccc([C@H](N)CO)cc2)n1. The van der Waals surface area contributed by atoms with Crippen LogP contribution in [0.5, 0.6) is 0 Å². The molecule has 0 aliphatic carbocycles. The van der Waals surface area contributed by atoms with Crippen molar-refractivity contribution in [2.45, 2.75) is 19.9 Å². The van der Waals surface area contributed by atoms with E-state index in [0.717, 1.165) is 22.6 Å². The molecule has 0 unspecified atom stereocenters. The van der Waals surface area contributed by atoms with Gasteiger partial charge in [0.25, 0.3) is 0 Å². The van der Waals surface area contributed by atoms with Crippen molar-refractivity contribution in [1.82, 2.24) is 9.78 Å². The van der Waals surface area contributed by atoms with Crippen LogP contribution in [0.2, 0.25) is 0 Å². The molecule has 2 aromatic rings. The molecule has 90 valence electrons. The highest BCUT2D eigenvalue weighted by atomic mass is 16.3. The summed E-state index contributed by atoms with van der Waals surface area (Å²) in [7, 11) is 0. The van der Waals surface area contributed by atoms with E-state index >= 15 is 0 Å². The fourth-order valence-corrected chi connectivity index (χ4v) is 1.86. The molecular weight excluding hydrogens is 214 g/mol. The fourth-order valence-electron chi connectivity index (χ4n) is 1.86. The monoisotopic (exact) mass is 231 g/mol. The highest BCUT2D eigenvalue weighted by molar-refractivity contribution is 5.36. The van der Waals surface area contributed by atoms with Crippen LogP contribution in [-0.4, -0.2) is 21.5 Å². The second kappa shape index (κ2) is 4.69. The van der Waals surface area contributed by atoms with E-state index < -0.39 is 0 Å². The molecule has 2 rings (SSSR count). The Morgan fingerprint density at radius 2 is 1.94 bits per heavy atom. The van der Waals surface area contributed by atoms with Crippen molar-refractivity contribution in [1.29, 1.82) is 0 Å². The average Bonchev–Trinajstić information content (AvgIpc) is 2.68. The Kier molecular flexibility index (Phi) is 3.26. The minimum absolute atomic E-state index is 0.0424. The molecule has 1 atom stereocenters. The zero-order valence-electron chi connectivity index (χ0n) is 10.1. The molecule has 3 N–H and O–H groups in total. The van der Waals surface area contributed by atoms with Gasteiger partial charge in [-0.05, 0) is 37.6 Å². The van der Waals surface area contributed by atoms with Gasteiger partial charge in [-0.1, -0.05) is 12.1 Å². The van der Waals surface area contributed by atoms with Gasteiger partial charge in [0.05, 0.1) is 24.0 Å². The van der Waals surface area contributed by atoms with E-state index in [1.54, 1.807) is 0 Å². The van der Waals surface area contributed by atoms with E-state index in [9.17, 15) is 0 Å². The molecule has 0 bridgehead atoms. The van der Waals surface area contributed by atoms with Crippen molar-refractivity contribution in [3.8, 4) is 5.69 Å². The molecule has 0 aliphatic rings. The predicted octanol–water partition coefficient (Wildman–Crippen LogP) is 1.48. The molecule has 1 aromatic heterocycles. The number of benzene rings is 1. The van der Waals surface area contributed by atoms with Crippen molar-refractivity contribution >= 4 is 0 Å². The second-order valence-corrected chi connectivity index (χ2v) is 4.22. The minimum Gasteiger partial charge on any atom is -0.394 e. The Morgan fingerprint density at radius 3 is 2.41 bits per heavy atom. The average molecular weight is 231 g/mol. The third-order valence-corrected chi connectivity index (χ3v) is 2.77. The second-order valence-electron chi connectivity index (χ2n) is 4.22. The number of nitrogens with zero attached hydrogens (tertiary/aromatic N) is 2. The Labute approximate surface area is 101 Å². The maximum atomic E-state index is 8.98. The van der Waals surface area contributed by atoms with Crippen LogP contribution in [0.4, 0.5) is 0 Å². The number of rotatable bonds is 3.